The molecule has 0 fully saturated rings. The molecule has 2 N–H and O–H groups in total. The standard InChI is InChI=1S/C20H30N4OS/c1-13(2)11-15-7-9-16(10-8-15)14(3)21-17(25)12-26-19-22-18(23-24-19)20(4,5)6/h7-10,13-14H,11-12H2,1-6H3,(H,21,25)(H,22,23,24)/t14-/m0/s1. The zero-order valence-electron chi connectivity index (χ0n) is 16.6. The topological polar surface area (TPSA) is 70.7 Å². The van der Waals surface area contributed by atoms with Crippen LogP contribution in [0.4, 0.5) is 0 Å². The van der Waals surface area contributed by atoms with Crippen LogP contribution in [0.2, 0.25) is 0 Å². The fourth-order valence-corrected chi connectivity index (χ4v) is 3.17. The minimum atomic E-state index is -0.0791. The summed E-state index contributed by atoms with van der Waals surface area (Å²) in [7, 11) is 0. The van der Waals surface area contributed by atoms with E-state index in [1.807, 2.05) is 6.92 Å². The maximum atomic E-state index is 12.2. The van der Waals surface area contributed by atoms with Gasteiger partial charge in [0.1, 0.15) is 5.82 Å². The summed E-state index contributed by atoms with van der Waals surface area (Å²) in [6.45, 7) is 12.7. The zero-order chi connectivity index (χ0) is 19.3. The Hall–Kier alpha value is -1.82. The smallest absolute Gasteiger partial charge is 0.230 e. The van der Waals surface area contributed by atoms with Gasteiger partial charge >= 0.3 is 0 Å². The van der Waals surface area contributed by atoms with Crippen LogP contribution in [0.5, 0.6) is 0 Å². The van der Waals surface area contributed by atoms with Gasteiger partial charge in [-0.25, -0.2) is 4.98 Å². The summed E-state index contributed by atoms with van der Waals surface area (Å²) >= 11 is 1.35. The van der Waals surface area contributed by atoms with Gasteiger partial charge in [0.15, 0.2) is 0 Å². The highest BCUT2D eigenvalue weighted by atomic mass is 32.2. The van der Waals surface area contributed by atoms with Gasteiger partial charge in [0, 0.05) is 5.41 Å². The van der Waals surface area contributed by atoms with Gasteiger partial charge in [-0.05, 0) is 30.4 Å². The quantitative estimate of drug-likeness (QED) is 0.710. The highest BCUT2D eigenvalue weighted by Crippen LogP contribution is 2.21. The Morgan fingerprint density at radius 3 is 2.38 bits per heavy atom. The van der Waals surface area contributed by atoms with Crippen molar-refractivity contribution in [1.29, 1.82) is 0 Å². The molecule has 0 aliphatic rings. The summed E-state index contributed by atoms with van der Waals surface area (Å²) in [6.07, 6.45) is 1.07. The van der Waals surface area contributed by atoms with Gasteiger partial charge in [0.25, 0.3) is 0 Å². The Morgan fingerprint density at radius 1 is 1.19 bits per heavy atom. The van der Waals surface area contributed by atoms with Gasteiger partial charge in [0.2, 0.25) is 11.1 Å². The molecule has 1 aromatic carbocycles. The van der Waals surface area contributed by atoms with Crippen molar-refractivity contribution in [3.63, 3.8) is 0 Å². The third-order valence-electron chi connectivity index (χ3n) is 4.01. The average molecular weight is 375 g/mol. The Kier molecular flexibility index (Phi) is 6.87. The molecule has 0 aliphatic heterocycles. The summed E-state index contributed by atoms with van der Waals surface area (Å²) in [4.78, 5) is 16.7. The fraction of sp³-hybridized carbons (Fsp3) is 0.550. The third-order valence-corrected chi connectivity index (χ3v) is 4.86. The zero-order valence-corrected chi connectivity index (χ0v) is 17.4. The second kappa shape index (κ2) is 8.71. The van der Waals surface area contributed by atoms with Crippen molar-refractivity contribution < 1.29 is 4.79 Å². The van der Waals surface area contributed by atoms with Crippen LogP contribution in [-0.2, 0) is 16.6 Å². The first-order chi connectivity index (χ1) is 12.1. The molecular formula is C20H30N4OS. The van der Waals surface area contributed by atoms with Crippen LogP contribution in [0, 0.1) is 5.92 Å². The molecule has 2 aromatic rings. The van der Waals surface area contributed by atoms with E-state index in [1.54, 1.807) is 0 Å². The second-order valence-electron chi connectivity index (χ2n) is 8.13. The third kappa shape index (κ3) is 6.16. The van der Waals surface area contributed by atoms with E-state index in [1.165, 1.54) is 17.3 Å². The van der Waals surface area contributed by atoms with Gasteiger partial charge in [-0.2, -0.15) is 0 Å². The molecule has 0 spiro atoms. The van der Waals surface area contributed by atoms with Crippen molar-refractivity contribution in [1.82, 2.24) is 20.5 Å². The molecule has 26 heavy (non-hydrogen) atoms. The summed E-state index contributed by atoms with van der Waals surface area (Å²) in [5.41, 5.74) is 2.37. The van der Waals surface area contributed by atoms with Crippen LogP contribution in [-0.4, -0.2) is 26.8 Å². The number of benzene rings is 1. The highest BCUT2D eigenvalue weighted by molar-refractivity contribution is 7.99. The lowest BCUT2D eigenvalue weighted by Crippen LogP contribution is -2.28. The highest BCUT2D eigenvalue weighted by Gasteiger charge is 2.19. The van der Waals surface area contributed by atoms with E-state index < -0.39 is 0 Å². The van der Waals surface area contributed by atoms with E-state index in [9.17, 15) is 4.79 Å². The van der Waals surface area contributed by atoms with Crippen molar-refractivity contribution >= 4 is 17.7 Å². The van der Waals surface area contributed by atoms with Gasteiger partial charge in [-0.1, -0.05) is 70.6 Å². The summed E-state index contributed by atoms with van der Waals surface area (Å²) < 4.78 is 0. The molecule has 0 unspecified atom stereocenters. The monoisotopic (exact) mass is 374 g/mol. The molecule has 0 radical (unpaired) electrons. The van der Waals surface area contributed by atoms with Crippen molar-refractivity contribution in [2.24, 2.45) is 5.92 Å². The Morgan fingerprint density at radius 2 is 1.85 bits per heavy atom. The van der Waals surface area contributed by atoms with Crippen LogP contribution in [0.25, 0.3) is 0 Å². The Bertz CT molecular complexity index is 716. The maximum absolute atomic E-state index is 12.2. The largest absolute Gasteiger partial charge is 0.349 e. The van der Waals surface area contributed by atoms with Crippen molar-refractivity contribution in [3.05, 3.63) is 41.2 Å². The maximum Gasteiger partial charge on any atom is 0.230 e. The lowest BCUT2D eigenvalue weighted by molar-refractivity contribution is -0.119. The Balaban J connectivity index is 1.84. The number of rotatable bonds is 7. The fourth-order valence-electron chi connectivity index (χ4n) is 2.56. The van der Waals surface area contributed by atoms with Crippen molar-refractivity contribution in [2.45, 2.75) is 64.6 Å². The van der Waals surface area contributed by atoms with Crippen LogP contribution in [0.1, 0.15) is 64.5 Å². The number of carbonyl (C=O) groups excluding carboxylic acids is 1. The number of aromatic amines is 1. The predicted molar refractivity (Wildman–Crippen MR) is 107 cm³/mol. The SMILES string of the molecule is CC(C)Cc1ccc([C@H](C)NC(=O)CSc2n[nH]c(C(C)(C)C)n2)cc1. The van der Waals surface area contributed by atoms with Crippen LogP contribution < -0.4 is 5.32 Å². The van der Waals surface area contributed by atoms with Crippen LogP contribution in [0.15, 0.2) is 29.4 Å². The molecule has 2 rings (SSSR count). The van der Waals surface area contributed by atoms with Crippen molar-refractivity contribution in [3.8, 4) is 0 Å². The second-order valence-corrected chi connectivity index (χ2v) is 9.08. The number of aromatic nitrogens is 3. The summed E-state index contributed by atoms with van der Waals surface area (Å²) in [5.74, 6) is 1.76. The first-order valence-electron chi connectivity index (χ1n) is 9.09. The molecule has 1 atom stereocenters. The van der Waals surface area contributed by atoms with Gasteiger partial charge in [0.05, 0.1) is 11.8 Å². The molecule has 0 saturated heterocycles. The number of H-pyrrole nitrogens is 1. The Labute approximate surface area is 160 Å². The molecule has 6 heteroatoms. The first-order valence-corrected chi connectivity index (χ1v) is 10.1. The average Bonchev–Trinajstić information content (AvgIpc) is 3.02. The lowest BCUT2D eigenvalue weighted by Gasteiger charge is -2.15. The van der Waals surface area contributed by atoms with Gasteiger partial charge < -0.3 is 5.32 Å². The number of hydrogen-bond donors (Lipinski definition) is 2. The molecule has 0 aliphatic carbocycles. The normalized spacial score (nSPS) is 13.0. The molecule has 1 heterocycles. The number of thioether (sulfide) groups is 1. The van der Waals surface area contributed by atoms with Crippen molar-refractivity contribution in [2.75, 3.05) is 5.75 Å². The van der Waals surface area contributed by atoms with Gasteiger partial charge in [-0.3, -0.25) is 9.89 Å². The lowest BCUT2D eigenvalue weighted by atomic mass is 9.96. The number of nitrogens with zero attached hydrogens (tertiary/aromatic N) is 2. The van der Waals surface area contributed by atoms with E-state index in [0.29, 0.717) is 16.8 Å². The molecule has 1 amide bonds. The number of hydrogen-bond acceptors (Lipinski definition) is 4. The number of amides is 1. The van der Waals surface area contributed by atoms with E-state index in [0.717, 1.165) is 17.8 Å². The molecular weight excluding hydrogens is 344 g/mol. The van der Waals surface area contributed by atoms with E-state index in [-0.39, 0.29) is 17.4 Å². The number of carbonyl (C=O) groups is 1. The van der Waals surface area contributed by atoms with Crippen LogP contribution in [0.3, 0.4) is 0 Å². The molecule has 142 valence electrons. The summed E-state index contributed by atoms with van der Waals surface area (Å²) in [5, 5.41) is 10.8. The van der Waals surface area contributed by atoms with Gasteiger partial charge in [-0.15, -0.1) is 5.10 Å². The van der Waals surface area contributed by atoms with E-state index >= 15 is 0 Å². The van der Waals surface area contributed by atoms with E-state index in [4.69, 9.17) is 0 Å². The summed E-state index contributed by atoms with van der Waals surface area (Å²) in [6, 6.07) is 8.47. The van der Waals surface area contributed by atoms with Crippen LogP contribution >= 0.6 is 11.8 Å². The molecule has 1 aromatic heterocycles. The predicted octanol–water partition coefficient (Wildman–Crippen LogP) is 4.27. The van der Waals surface area contributed by atoms with E-state index in [2.05, 4.69) is 79.4 Å². The molecule has 0 bridgehead atoms. The number of nitrogens with one attached hydrogen (secondary N) is 2. The minimum absolute atomic E-state index is 0.0177. The minimum Gasteiger partial charge on any atom is -0.349 e. The first kappa shape index (κ1) is 20.5. The molecule has 0 saturated carbocycles. The molecule has 5 nitrogen and oxygen atoms in total.